The Morgan fingerprint density at radius 1 is 0.967 bits per heavy atom. The first-order valence-electron chi connectivity index (χ1n) is 9.07. The highest BCUT2D eigenvalue weighted by Crippen LogP contribution is 2.41. The monoisotopic (exact) mass is 484 g/mol. The molecule has 5 nitrogen and oxygen atoms in total. The van der Waals surface area contributed by atoms with Gasteiger partial charge in [0.05, 0.1) is 16.5 Å². The van der Waals surface area contributed by atoms with Crippen LogP contribution >= 0.6 is 15.9 Å². The van der Waals surface area contributed by atoms with Crippen LogP contribution < -0.4 is 4.74 Å². The van der Waals surface area contributed by atoms with Gasteiger partial charge in [-0.05, 0) is 56.9 Å². The van der Waals surface area contributed by atoms with Crippen LogP contribution in [0.15, 0.2) is 87.1 Å². The Bertz CT molecular complexity index is 1250. The van der Waals surface area contributed by atoms with E-state index in [-0.39, 0.29) is 16.4 Å². The summed E-state index contributed by atoms with van der Waals surface area (Å²) in [6.45, 7) is -0.0547. The van der Waals surface area contributed by atoms with E-state index in [4.69, 9.17) is 9.47 Å². The van der Waals surface area contributed by atoms with Crippen molar-refractivity contribution < 1.29 is 22.7 Å². The summed E-state index contributed by atoms with van der Waals surface area (Å²) < 4.78 is 38.6. The number of halogens is 1. The molecule has 0 radical (unpaired) electrons. The summed E-state index contributed by atoms with van der Waals surface area (Å²) >= 11 is 3.44. The highest BCUT2D eigenvalue weighted by molar-refractivity contribution is 9.10. The molecule has 0 spiro atoms. The Morgan fingerprint density at radius 3 is 2.23 bits per heavy atom. The van der Waals surface area contributed by atoms with E-state index in [2.05, 4.69) is 15.9 Å². The Hall–Kier alpha value is -2.90. The van der Waals surface area contributed by atoms with Crippen LogP contribution in [-0.2, 0) is 26.0 Å². The summed E-state index contributed by atoms with van der Waals surface area (Å²) in [5.74, 6) is -0.364. The van der Waals surface area contributed by atoms with Crippen LogP contribution in [0, 0.1) is 0 Å². The van der Waals surface area contributed by atoms with E-state index in [1.54, 1.807) is 54.6 Å². The zero-order chi connectivity index (χ0) is 21.3. The minimum Gasteiger partial charge on any atom is -0.496 e. The second-order valence-corrected chi connectivity index (χ2v) is 9.35. The van der Waals surface area contributed by atoms with E-state index in [9.17, 15) is 13.2 Å². The van der Waals surface area contributed by atoms with Crippen molar-refractivity contribution in [2.75, 3.05) is 7.11 Å². The van der Waals surface area contributed by atoms with Gasteiger partial charge in [0.25, 0.3) is 0 Å². The number of esters is 1. The molecule has 0 N–H and O–H groups in total. The molecule has 0 atom stereocenters. The van der Waals surface area contributed by atoms with Crippen molar-refractivity contribution in [3.8, 4) is 5.75 Å². The summed E-state index contributed by atoms with van der Waals surface area (Å²) in [7, 11) is -2.63. The fourth-order valence-electron chi connectivity index (χ4n) is 3.39. The minimum absolute atomic E-state index is 0.0258. The van der Waals surface area contributed by atoms with Crippen molar-refractivity contribution in [3.63, 3.8) is 0 Å². The van der Waals surface area contributed by atoms with Crippen molar-refractivity contribution in [1.29, 1.82) is 0 Å². The number of benzene rings is 3. The van der Waals surface area contributed by atoms with Gasteiger partial charge in [0.1, 0.15) is 12.4 Å². The number of fused-ring (bicyclic) bond motifs is 1. The van der Waals surface area contributed by atoms with Gasteiger partial charge in [-0.25, -0.2) is 13.2 Å². The molecule has 0 aliphatic carbocycles. The fraction of sp³-hybridized carbons (Fsp3) is 0.0870. The maximum Gasteiger partial charge on any atom is 0.351 e. The molecule has 0 fully saturated rings. The normalized spacial score (nSPS) is 14.0. The van der Waals surface area contributed by atoms with Gasteiger partial charge < -0.3 is 9.47 Å². The van der Waals surface area contributed by atoms with Crippen molar-refractivity contribution >= 4 is 37.3 Å². The molecule has 3 aromatic carbocycles. The molecule has 4 rings (SSSR count). The molecule has 152 valence electrons. The Morgan fingerprint density at radius 2 is 1.60 bits per heavy atom. The third-order valence-electron chi connectivity index (χ3n) is 4.80. The molecule has 0 saturated heterocycles. The number of carbonyl (C=O) groups excluding carboxylic acids is 1. The van der Waals surface area contributed by atoms with Crippen LogP contribution in [0.4, 0.5) is 0 Å². The van der Waals surface area contributed by atoms with Gasteiger partial charge in [0, 0.05) is 5.57 Å². The van der Waals surface area contributed by atoms with E-state index in [1.165, 1.54) is 19.2 Å². The SMILES string of the molecule is COc1cc2c(cc1Br)COC(=O)C(S(=O)(=O)c1ccccc1)=C2c1ccccc1. The average molecular weight is 485 g/mol. The van der Waals surface area contributed by atoms with E-state index in [1.807, 2.05) is 6.07 Å². The molecule has 1 aliphatic heterocycles. The lowest BCUT2D eigenvalue weighted by atomic mass is 9.94. The number of rotatable bonds is 4. The predicted molar refractivity (Wildman–Crippen MR) is 117 cm³/mol. The largest absolute Gasteiger partial charge is 0.496 e. The summed E-state index contributed by atoms with van der Waals surface area (Å²) in [6, 6.07) is 20.3. The second-order valence-electron chi connectivity index (χ2n) is 6.61. The molecule has 0 unspecified atom stereocenters. The Labute approximate surface area is 183 Å². The molecule has 7 heteroatoms. The van der Waals surface area contributed by atoms with Crippen LogP contribution in [0.3, 0.4) is 0 Å². The third-order valence-corrected chi connectivity index (χ3v) is 7.22. The second kappa shape index (κ2) is 8.08. The molecule has 0 saturated carbocycles. The number of ether oxygens (including phenoxy) is 2. The molecule has 3 aromatic rings. The lowest BCUT2D eigenvalue weighted by Crippen LogP contribution is -2.17. The van der Waals surface area contributed by atoms with Gasteiger partial charge >= 0.3 is 5.97 Å². The number of hydrogen-bond acceptors (Lipinski definition) is 5. The van der Waals surface area contributed by atoms with Gasteiger partial charge in [0.2, 0.25) is 9.84 Å². The van der Waals surface area contributed by atoms with Gasteiger partial charge in [-0.2, -0.15) is 0 Å². The number of hydrogen-bond donors (Lipinski definition) is 0. The van der Waals surface area contributed by atoms with Crippen LogP contribution in [-0.4, -0.2) is 21.5 Å². The highest BCUT2D eigenvalue weighted by atomic mass is 79.9. The van der Waals surface area contributed by atoms with Gasteiger partial charge in [0.15, 0.2) is 4.91 Å². The van der Waals surface area contributed by atoms with E-state index < -0.39 is 15.8 Å². The van der Waals surface area contributed by atoms with Crippen LogP contribution in [0.1, 0.15) is 16.7 Å². The van der Waals surface area contributed by atoms with E-state index >= 15 is 0 Å². The van der Waals surface area contributed by atoms with E-state index in [0.717, 1.165) is 0 Å². The standard InChI is InChI=1S/C23H17BrO5S/c1-28-20-13-18-16(12-19(20)24)14-29-23(25)22(21(18)15-8-4-2-5-9-15)30(26,27)17-10-6-3-7-11-17/h2-13H,14H2,1H3. The molecular weight excluding hydrogens is 468 g/mol. The predicted octanol–water partition coefficient (Wildman–Crippen LogP) is 4.75. The molecule has 1 heterocycles. The quantitative estimate of drug-likeness (QED) is 0.499. The highest BCUT2D eigenvalue weighted by Gasteiger charge is 2.36. The summed E-state index contributed by atoms with van der Waals surface area (Å²) in [5, 5.41) is 0. The van der Waals surface area contributed by atoms with E-state index in [0.29, 0.717) is 32.5 Å². The Kier molecular flexibility index (Phi) is 5.49. The maximum absolute atomic E-state index is 13.6. The summed E-state index contributed by atoms with van der Waals surface area (Å²) in [5.41, 5.74) is 2.13. The van der Waals surface area contributed by atoms with Crippen molar-refractivity contribution in [2.24, 2.45) is 0 Å². The van der Waals surface area contributed by atoms with Crippen LogP contribution in [0.2, 0.25) is 0 Å². The Balaban J connectivity index is 2.12. The van der Waals surface area contributed by atoms with Crippen LogP contribution in [0.25, 0.3) is 5.57 Å². The number of methoxy groups -OCH3 is 1. The molecule has 0 bridgehead atoms. The molecule has 0 amide bonds. The number of cyclic esters (lactones) is 1. The van der Waals surface area contributed by atoms with Gasteiger partial charge in [-0.3, -0.25) is 0 Å². The zero-order valence-electron chi connectivity index (χ0n) is 16.0. The van der Waals surface area contributed by atoms with Gasteiger partial charge in [-0.15, -0.1) is 0 Å². The average Bonchev–Trinajstić information content (AvgIpc) is 2.91. The van der Waals surface area contributed by atoms with Crippen molar-refractivity contribution in [1.82, 2.24) is 0 Å². The zero-order valence-corrected chi connectivity index (χ0v) is 18.4. The topological polar surface area (TPSA) is 69.7 Å². The first-order valence-corrected chi connectivity index (χ1v) is 11.3. The fourth-order valence-corrected chi connectivity index (χ4v) is 5.47. The summed E-state index contributed by atoms with van der Waals surface area (Å²) in [4.78, 5) is 12.7. The molecular formula is C23H17BrO5S. The first-order chi connectivity index (χ1) is 14.4. The lowest BCUT2D eigenvalue weighted by Gasteiger charge is -2.16. The van der Waals surface area contributed by atoms with Gasteiger partial charge in [-0.1, -0.05) is 48.5 Å². The molecule has 1 aliphatic rings. The first kappa shape index (κ1) is 20.4. The molecule has 30 heavy (non-hydrogen) atoms. The third kappa shape index (κ3) is 3.55. The number of carbonyl (C=O) groups is 1. The minimum atomic E-state index is -4.15. The lowest BCUT2D eigenvalue weighted by molar-refractivity contribution is -0.139. The smallest absolute Gasteiger partial charge is 0.351 e. The summed E-state index contributed by atoms with van der Waals surface area (Å²) in [6.07, 6.45) is 0. The van der Waals surface area contributed by atoms with Crippen molar-refractivity contribution in [2.45, 2.75) is 11.5 Å². The molecule has 0 aromatic heterocycles. The van der Waals surface area contributed by atoms with Crippen molar-refractivity contribution in [3.05, 3.63) is 98.9 Å². The maximum atomic E-state index is 13.6. The van der Waals surface area contributed by atoms with Crippen LogP contribution in [0.5, 0.6) is 5.75 Å². The number of sulfone groups is 1.